The molecule has 0 saturated heterocycles. The Bertz CT molecular complexity index is 449. The molecule has 0 saturated carbocycles. The number of hydrogen-bond acceptors (Lipinski definition) is 7. The molecule has 0 aromatic carbocycles. The first-order valence-electron chi connectivity index (χ1n) is 4.57. The van der Waals surface area contributed by atoms with E-state index in [-0.39, 0.29) is 23.9 Å². The van der Waals surface area contributed by atoms with Gasteiger partial charge in [-0.1, -0.05) is 0 Å². The maximum Gasteiger partial charge on any atom is 0.311 e. The summed E-state index contributed by atoms with van der Waals surface area (Å²) in [5, 5.41) is 10.8. The van der Waals surface area contributed by atoms with Crippen molar-refractivity contribution in [3.63, 3.8) is 0 Å². The highest BCUT2D eigenvalue weighted by Crippen LogP contribution is 2.26. The van der Waals surface area contributed by atoms with Gasteiger partial charge < -0.3 is 16.1 Å². The molecule has 0 unspecified atom stereocenters. The number of carbonyl (C=O) groups is 1. The summed E-state index contributed by atoms with van der Waals surface area (Å²) in [6.07, 6.45) is 0. The number of carbonyl (C=O) groups excluding carboxylic acids is 1. The molecule has 1 aromatic rings. The van der Waals surface area contributed by atoms with Crippen molar-refractivity contribution in [3.8, 4) is 0 Å². The zero-order chi connectivity index (χ0) is 13.0. The van der Waals surface area contributed by atoms with Gasteiger partial charge in [0.25, 0.3) is 0 Å². The Labute approximate surface area is 96.5 Å². The van der Waals surface area contributed by atoms with Crippen LogP contribution in [0, 0.1) is 10.1 Å². The monoisotopic (exact) mass is 240 g/mol. The second kappa shape index (κ2) is 5.07. The predicted octanol–water partition coefficient (Wildman–Crippen LogP) is -0.803. The summed E-state index contributed by atoms with van der Waals surface area (Å²) in [6.45, 7) is -0.179. The number of nitro groups is 1. The molecule has 9 nitrogen and oxygen atoms in total. The number of likely N-dealkylation sites (N-methyl/N-ethyl adjacent to an activating group) is 1. The Morgan fingerprint density at radius 1 is 1.65 bits per heavy atom. The molecular formula is C8H12N6O3. The van der Waals surface area contributed by atoms with Gasteiger partial charge in [-0.2, -0.15) is 0 Å². The van der Waals surface area contributed by atoms with Gasteiger partial charge in [0.05, 0.1) is 11.5 Å². The van der Waals surface area contributed by atoms with Crippen molar-refractivity contribution in [2.24, 2.45) is 11.6 Å². The molecule has 1 rings (SSSR count). The SMILES string of the molecule is CN(CC(N)=O)c1nc(NN)ccc1[N+](=O)[O-]. The molecule has 0 aliphatic carbocycles. The molecule has 0 atom stereocenters. The highest BCUT2D eigenvalue weighted by atomic mass is 16.6. The lowest BCUT2D eigenvalue weighted by molar-refractivity contribution is -0.384. The molecule has 0 radical (unpaired) electrons. The first-order valence-corrected chi connectivity index (χ1v) is 4.57. The van der Waals surface area contributed by atoms with E-state index < -0.39 is 10.8 Å². The van der Waals surface area contributed by atoms with Crippen LogP contribution in [0.1, 0.15) is 0 Å². The molecule has 9 heteroatoms. The number of nitrogen functional groups attached to an aromatic ring is 1. The van der Waals surface area contributed by atoms with Crippen molar-refractivity contribution >= 4 is 23.2 Å². The zero-order valence-electron chi connectivity index (χ0n) is 9.08. The van der Waals surface area contributed by atoms with Crippen LogP contribution >= 0.6 is 0 Å². The van der Waals surface area contributed by atoms with Crippen LogP contribution in [-0.2, 0) is 4.79 Å². The number of nitrogens with zero attached hydrogens (tertiary/aromatic N) is 3. The second-order valence-corrected chi connectivity index (χ2v) is 3.26. The van der Waals surface area contributed by atoms with Gasteiger partial charge >= 0.3 is 5.69 Å². The third kappa shape index (κ3) is 3.01. The number of rotatable bonds is 5. The van der Waals surface area contributed by atoms with E-state index in [4.69, 9.17) is 11.6 Å². The molecule has 1 heterocycles. The van der Waals surface area contributed by atoms with Crippen LogP contribution in [0.5, 0.6) is 0 Å². The number of amides is 1. The Morgan fingerprint density at radius 2 is 2.29 bits per heavy atom. The smallest absolute Gasteiger partial charge is 0.311 e. The molecule has 0 spiro atoms. The molecule has 92 valence electrons. The molecule has 1 amide bonds. The van der Waals surface area contributed by atoms with Crippen molar-refractivity contribution in [1.29, 1.82) is 0 Å². The lowest BCUT2D eigenvalue weighted by Gasteiger charge is -2.16. The quantitative estimate of drug-likeness (QED) is 0.347. The minimum Gasteiger partial charge on any atom is -0.368 e. The summed E-state index contributed by atoms with van der Waals surface area (Å²) >= 11 is 0. The van der Waals surface area contributed by atoms with Crippen molar-refractivity contribution < 1.29 is 9.72 Å². The van der Waals surface area contributed by atoms with Gasteiger partial charge in [-0.15, -0.1) is 0 Å². The number of anilines is 2. The van der Waals surface area contributed by atoms with E-state index in [0.717, 1.165) is 0 Å². The largest absolute Gasteiger partial charge is 0.368 e. The molecule has 0 aliphatic rings. The number of primary amides is 1. The summed E-state index contributed by atoms with van der Waals surface area (Å²) in [5.74, 6) is 4.81. The number of nitrogens with one attached hydrogen (secondary N) is 1. The number of nitrogens with two attached hydrogens (primary N) is 2. The van der Waals surface area contributed by atoms with Crippen LogP contribution in [0.4, 0.5) is 17.3 Å². The number of aromatic nitrogens is 1. The van der Waals surface area contributed by atoms with E-state index >= 15 is 0 Å². The van der Waals surface area contributed by atoms with Gasteiger partial charge in [0.1, 0.15) is 5.82 Å². The third-order valence-corrected chi connectivity index (χ3v) is 1.95. The summed E-state index contributed by atoms with van der Waals surface area (Å²) < 4.78 is 0. The van der Waals surface area contributed by atoms with E-state index in [1.165, 1.54) is 24.1 Å². The molecule has 1 aromatic heterocycles. The fourth-order valence-corrected chi connectivity index (χ4v) is 1.25. The fraction of sp³-hybridized carbons (Fsp3) is 0.250. The van der Waals surface area contributed by atoms with Gasteiger partial charge in [0, 0.05) is 13.1 Å². The van der Waals surface area contributed by atoms with Crippen LogP contribution in [0.15, 0.2) is 12.1 Å². The van der Waals surface area contributed by atoms with Gasteiger partial charge in [0.15, 0.2) is 0 Å². The topological polar surface area (TPSA) is 140 Å². The summed E-state index contributed by atoms with van der Waals surface area (Å²) in [5.41, 5.74) is 7.05. The Hall–Kier alpha value is -2.42. The molecule has 0 bridgehead atoms. The van der Waals surface area contributed by atoms with Crippen molar-refractivity contribution in [1.82, 2.24) is 4.98 Å². The van der Waals surface area contributed by atoms with Gasteiger partial charge in [0.2, 0.25) is 11.7 Å². The number of pyridine rings is 1. The van der Waals surface area contributed by atoms with E-state index in [1.54, 1.807) is 0 Å². The van der Waals surface area contributed by atoms with E-state index in [9.17, 15) is 14.9 Å². The summed E-state index contributed by atoms with van der Waals surface area (Å²) in [7, 11) is 1.47. The average Bonchev–Trinajstić information content (AvgIpc) is 2.27. The van der Waals surface area contributed by atoms with Gasteiger partial charge in [-0.3, -0.25) is 14.9 Å². The first kappa shape index (κ1) is 12.6. The van der Waals surface area contributed by atoms with Gasteiger partial charge in [-0.25, -0.2) is 10.8 Å². The van der Waals surface area contributed by atoms with Crippen LogP contribution in [0.2, 0.25) is 0 Å². The normalized spacial score (nSPS) is 9.76. The minimum atomic E-state index is -0.616. The number of hydrogen-bond donors (Lipinski definition) is 3. The van der Waals surface area contributed by atoms with Crippen molar-refractivity contribution in [2.45, 2.75) is 0 Å². The highest BCUT2D eigenvalue weighted by molar-refractivity contribution is 5.80. The first-order chi connectivity index (χ1) is 7.95. The second-order valence-electron chi connectivity index (χ2n) is 3.26. The zero-order valence-corrected chi connectivity index (χ0v) is 9.08. The molecule has 0 fully saturated rings. The van der Waals surface area contributed by atoms with Crippen LogP contribution in [0.25, 0.3) is 0 Å². The molecule has 17 heavy (non-hydrogen) atoms. The minimum absolute atomic E-state index is 0.0178. The molecular weight excluding hydrogens is 228 g/mol. The maximum atomic E-state index is 10.8. The van der Waals surface area contributed by atoms with Gasteiger partial charge in [-0.05, 0) is 6.07 Å². The Morgan fingerprint density at radius 3 is 2.76 bits per heavy atom. The maximum absolute atomic E-state index is 10.8. The third-order valence-electron chi connectivity index (χ3n) is 1.95. The average molecular weight is 240 g/mol. The predicted molar refractivity (Wildman–Crippen MR) is 61.2 cm³/mol. The van der Waals surface area contributed by atoms with Crippen molar-refractivity contribution in [3.05, 3.63) is 22.2 Å². The summed E-state index contributed by atoms with van der Waals surface area (Å²) in [6, 6.07) is 2.61. The van der Waals surface area contributed by atoms with Crippen LogP contribution < -0.4 is 21.9 Å². The Balaban J connectivity index is 3.16. The highest BCUT2D eigenvalue weighted by Gasteiger charge is 2.20. The lowest BCUT2D eigenvalue weighted by Crippen LogP contribution is -2.31. The fourth-order valence-electron chi connectivity index (χ4n) is 1.25. The van der Waals surface area contributed by atoms with Crippen LogP contribution in [-0.4, -0.2) is 29.4 Å². The van der Waals surface area contributed by atoms with Crippen molar-refractivity contribution in [2.75, 3.05) is 23.9 Å². The Kier molecular flexibility index (Phi) is 3.78. The standard InChI is InChI=1S/C8H12N6O3/c1-13(4-6(9)15)8-5(14(16)17)2-3-7(11-8)12-10/h2-3H,4,10H2,1H3,(H2,9,15)(H,11,12). The number of hydrazine groups is 1. The molecule has 5 N–H and O–H groups in total. The summed E-state index contributed by atoms with van der Waals surface area (Å²) in [4.78, 5) is 26.1. The lowest BCUT2D eigenvalue weighted by atomic mass is 10.3. The van der Waals surface area contributed by atoms with E-state index in [1.807, 2.05) is 0 Å². The molecule has 0 aliphatic heterocycles. The van der Waals surface area contributed by atoms with Crippen LogP contribution in [0.3, 0.4) is 0 Å². The van der Waals surface area contributed by atoms with E-state index in [2.05, 4.69) is 10.4 Å². The van der Waals surface area contributed by atoms with E-state index in [0.29, 0.717) is 0 Å².